The molecule has 5 heteroatoms. The van der Waals surface area contributed by atoms with E-state index in [2.05, 4.69) is 4.98 Å². The van der Waals surface area contributed by atoms with E-state index in [1.807, 2.05) is 0 Å². The van der Waals surface area contributed by atoms with Gasteiger partial charge in [0.1, 0.15) is 28.8 Å². The first kappa shape index (κ1) is 12.3. The van der Waals surface area contributed by atoms with Gasteiger partial charge >= 0.3 is 0 Å². The van der Waals surface area contributed by atoms with Gasteiger partial charge in [-0.1, -0.05) is 0 Å². The number of benzene rings is 1. The molecule has 0 saturated heterocycles. The van der Waals surface area contributed by atoms with Gasteiger partial charge in [-0.25, -0.2) is 18.2 Å². The van der Waals surface area contributed by atoms with Gasteiger partial charge in [-0.2, -0.15) is 0 Å². The van der Waals surface area contributed by atoms with E-state index in [1.54, 1.807) is 0 Å². The molecule has 0 fully saturated rings. The molecule has 0 unspecified atom stereocenters. The van der Waals surface area contributed by atoms with Crippen LogP contribution in [0.5, 0.6) is 0 Å². The average Bonchev–Trinajstić information content (AvgIpc) is 2.30. The van der Waals surface area contributed by atoms with Gasteiger partial charge in [0.15, 0.2) is 6.29 Å². The third kappa shape index (κ3) is 2.11. The number of aromatic nitrogens is 1. The fourth-order valence-electron chi connectivity index (χ4n) is 1.62. The number of nitrogens with zero attached hydrogens (tertiary/aromatic N) is 1. The van der Waals surface area contributed by atoms with Crippen LogP contribution in [0.25, 0.3) is 11.3 Å². The number of aldehydes is 1. The van der Waals surface area contributed by atoms with Crippen LogP contribution in [0.4, 0.5) is 13.2 Å². The summed E-state index contributed by atoms with van der Waals surface area (Å²) in [5.74, 6) is -2.72. The average molecular weight is 251 g/mol. The maximum Gasteiger partial charge on any atom is 0.168 e. The Labute approximate surface area is 101 Å². The Balaban J connectivity index is 2.72. The van der Waals surface area contributed by atoms with Gasteiger partial charge in [0.2, 0.25) is 0 Å². The highest BCUT2D eigenvalue weighted by molar-refractivity contribution is 5.74. The molecule has 0 amide bonds. The molecular weight excluding hydrogens is 243 g/mol. The Bertz CT molecular complexity index is 603. The van der Waals surface area contributed by atoms with Crippen molar-refractivity contribution in [2.24, 2.45) is 0 Å². The topological polar surface area (TPSA) is 30.0 Å². The van der Waals surface area contributed by atoms with Crippen molar-refractivity contribution in [3.8, 4) is 11.3 Å². The van der Waals surface area contributed by atoms with E-state index >= 15 is 0 Å². The molecule has 1 aromatic carbocycles. The zero-order chi connectivity index (χ0) is 13.3. The zero-order valence-corrected chi connectivity index (χ0v) is 9.38. The van der Waals surface area contributed by atoms with Gasteiger partial charge < -0.3 is 0 Å². The highest BCUT2D eigenvalue weighted by Gasteiger charge is 2.18. The molecule has 2 nitrogen and oxygen atoms in total. The molecular formula is C13H8F3NO. The molecule has 1 aromatic heterocycles. The summed E-state index contributed by atoms with van der Waals surface area (Å²) in [6, 6.07) is 4.24. The van der Waals surface area contributed by atoms with Gasteiger partial charge in [0.25, 0.3) is 0 Å². The lowest BCUT2D eigenvalue weighted by Gasteiger charge is -2.07. The fourth-order valence-corrected chi connectivity index (χ4v) is 1.62. The van der Waals surface area contributed by atoms with Gasteiger partial charge in [-0.15, -0.1) is 0 Å². The van der Waals surface area contributed by atoms with Crippen LogP contribution in [0.2, 0.25) is 0 Å². The SMILES string of the molecule is Cc1cc(F)c(-c2nc(C=O)ccc2F)c(F)c1. The highest BCUT2D eigenvalue weighted by atomic mass is 19.1. The molecule has 0 atom stereocenters. The summed E-state index contributed by atoms with van der Waals surface area (Å²) in [6.45, 7) is 1.52. The van der Waals surface area contributed by atoms with Crippen molar-refractivity contribution >= 4 is 6.29 Å². The monoisotopic (exact) mass is 251 g/mol. The minimum Gasteiger partial charge on any atom is -0.296 e. The first-order chi connectivity index (χ1) is 8.52. The molecule has 2 aromatic rings. The summed E-state index contributed by atoms with van der Waals surface area (Å²) in [7, 11) is 0. The predicted molar refractivity (Wildman–Crippen MR) is 59.7 cm³/mol. The van der Waals surface area contributed by atoms with Crippen molar-refractivity contribution in [3.05, 3.63) is 53.0 Å². The molecule has 0 aliphatic heterocycles. The molecule has 18 heavy (non-hydrogen) atoms. The highest BCUT2D eigenvalue weighted by Crippen LogP contribution is 2.27. The second-order valence-corrected chi connectivity index (χ2v) is 3.79. The van der Waals surface area contributed by atoms with Crippen molar-refractivity contribution in [2.75, 3.05) is 0 Å². The minimum absolute atomic E-state index is 0.0919. The standard InChI is InChI=1S/C13H8F3NO/c1-7-4-10(15)12(11(16)5-7)13-9(14)3-2-8(6-18)17-13/h2-6H,1H3. The maximum atomic E-state index is 13.7. The molecule has 0 saturated carbocycles. The number of hydrogen-bond donors (Lipinski definition) is 0. The Morgan fingerprint density at radius 3 is 2.22 bits per heavy atom. The number of aryl methyl sites for hydroxylation is 1. The number of pyridine rings is 1. The summed E-state index contributed by atoms with van der Waals surface area (Å²) < 4.78 is 40.9. The summed E-state index contributed by atoms with van der Waals surface area (Å²) in [6.07, 6.45) is 0.382. The van der Waals surface area contributed by atoms with E-state index in [-0.39, 0.29) is 5.69 Å². The fraction of sp³-hybridized carbons (Fsp3) is 0.0769. The zero-order valence-electron chi connectivity index (χ0n) is 9.38. The van der Waals surface area contributed by atoms with Gasteiger partial charge in [-0.3, -0.25) is 4.79 Å². The van der Waals surface area contributed by atoms with E-state index in [1.165, 1.54) is 6.92 Å². The van der Waals surface area contributed by atoms with Crippen LogP contribution in [-0.4, -0.2) is 11.3 Å². The quantitative estimate of drug-likeness (QED) is 0.766. The van der Waals surface area contributed by atoms with Crippen LogP contribution < -0.4 is 0 Å². The molecule has 92 valence electrons. The third-order valence-electron chi connectivity index (χ3n) is 2.41. The van der Waals surface area contributed by atoms with Crippen molar-refractivity contribution < 1.29 is 18.0 Å². The van der Waals surface area contributed by atoms with E-state index in [0.717, 1.165) is 24.3 Å². The Kier molecular flexibility index (Phi) is 3.14. The smallest absolute Gasteiger partial charge is 0.168 e. The number of hydrogen-bond acceptors (Lipinski definition) is 2. The lowest BCUT2D eigenvalue weighted by molar-refractivity contribution is 0.111. The van der Waals surface area contributed by atoms with Gasteiger partial charge in [0.05, 0.1) is 5.56 Å². The van der Waals surface area contributed by atoms with E-state index in [4.69, 9.17) is 0 Å². The molecule has 0 radical (unpaired) electrons. The van der Waals surface area contributed by atoms with Gasteiger partial charge in [-0.05, 0) is 36.8 Å². The molecule has 0 aliphatic carbocycles. The van der Waals surface area contributed by atoms with Crippen LogP contribution in [0, 0.1) is 24.4 Å². The Hall–Kier alpha value is -2.17. The molecule has 2 rings (SSSR count). The molecule has 0 bridgehead atoms. The predicted octanol–water partition coefficient (Wildman–Crippen LogP) is 3.29. The van der Waals surface area contributed by atoms with E-state index in [9.17, 15) is 18.0 Å². The number of rotatable bonds is 2. The molecule has 0 spiro atoms. The molecule has 0 N–H and O–H groups in total. The van der Waals surface area contributed by atoms with Gasteiger partial charge in [0, 0.05) is 0 Å². The number of carbonyl (C=O) groups is 1. The number of halogens is 3. The minimum atomic E-state index is -0.915. The molecule has 1 heterocycles. The first-order valence-corrected chi connectivity index (χ1v) is 5.10. The third-order valence-corrected chi connectivity index (χ3v) is 2.41. The Morgan fingerprint density at radius 1 is 1.06 bits per heavy atom. The van der Waals surface area contributed by atoms with E-state index < -0.39 is 28.7 Å². The summed E-state index contributed by atoms with van der Waals surface area (Å²) >= 11 is 0. The van der Waals surface area contributed by atoms with Crippen LogP contribution >= 0.6 is 0 Å². The lowest BCUT2D eigenvalue weighted by Crippen LogP contribution is -1.99. The number of carbonyl (C=O) groups excluding carboxylic acids is 1. The molecule has 0 aliphatic rings. The van der Waals surface area contributed by atoms with Crippen molar-refractivity contribution in [1.82, 2.24) is 4.98 Å². The summed E-state index contributed by atoms with van der Waals surface area (Å²) in [5.41, 5.74) is -0.789. The summed E-state index contributed by atoms with van der Waals surface area (Å²) in [4.78, 5) is 14.1. The van der Waals surface area contributed by atoms with Crippen LogP contribution in [0.3, 0.4) is 0 Å². The maximum absolute atomic E-state index is 13.7. The largest absolute Gasteiger partial charge is 0.296 e. The Morgan fingerprint density at radius 2 is 1.67 bits per heavy atom. The normalized spacial score (nSPS) is 10.4. The van der Waals surface area contributed by atoms with Crippen LogP contribution in [0.1, 0.15) is 16.1 Å². The second-order valence-electron chi connectivity index (χ2n) is 3.79. The lowest BCUT2D eigenvalue weighted by atomic mass is 10.1. The first-order valence-electron chi connectivity index (χ1n) is 5.10. The van der Waals surface area contributed by atoms with Crippen molar-refractivity contribution in [2.45, 2.75) is 6.92 Å². The van der Waals surface area contributed by atoms with Crippen LogP contribution in [-0.2, 0) is 0 Å². The van der Waals surface area contributed by atoms with E-state index in [0.29, 0.717) is 11.8 Å². The van der Waals surface area contributed by atoms with Crippen LogP contribution in [0.15, 0.2) is 24.3 Å². The van der Waals surface area contributed by atoms with Crippen molar-refractivity contribution in [3.63, 3.8) is 0 Å². The summed E-state index contributed by atoms with van der Waals surface area (Å²) in [5, 5.41) is 0. The second kappa shape index (κ2) is 4.60. The van der Waals surface area contributed by atoms with Crippen molar-refractivity contribution in [1.29, 1.82) is 0 Å².